The molecule has 166 valence electrons. The van der Waals surface area contributed by atoms with Crippen LogP contribution >= 0.6 is 0 Å². The average Bonchev–Trinajstić information content (AvgIpc) is 2.78. The summed E-state index contributed by atoms with van der Waals surface area (Å²) >= 11 is 0. The summed E-state index contributed by atoms with van der Waals surface area (Å²) in [5, 5.41) is 13.2. The van der Waals surface area contributed by atoms with Crippen LogP contribution in [0.4, 0.5) is 16.2 Å². The Morgan fingerprint density at radius 2 is 1.47 bits per heavy atom. The molecule has 2 amide bonds. The largest absolute Gasteiger partial charge is 0.369 e. The van der Waals surface area contributed by atoms with Gasteiger partial charge in [-0.15, -0.1) is 5.10 Å². The first-order valence-corrected chi connectivity index (χ1v) is 10.6. The lowest BCUT2D eigenvalue weighted by atomic mass is 9.83. The van der Waals surface area contributed by atoms with Crippen LogP contribution < -0.4 is 27.8 Å². The standard InChI is InChI=1S/C24H29N7O/c1-17(30-31-22(25)26)19-7-11-21(12-8-19)29-23(32)28-20-9-5-18(6-10-20)13-16-24(27)14-3-2-4-15-24/h5-12H,2-4,14-15,27H2,1H3,(H4,25,26,31)(H2,28,29,32)/b30-17+. The molecule has 0 aromatic heterocycles. The summed E-state index contributed by atoms with van der Waals surface area (Å²) in [4.78, 5) is 12.3. The van der Waals surface area contributed by atoms with E-state index in [1.807, 2.05) is 36.4 Å². The lowest BCUT2D eigenvalue weighted by Crippen LogP contribution is -2.40. The van der Waals surface area contributed by atoms with Crippen molar-refractivity contribution in [3.05, 3.63) is 59.7 Å². The number of nitrogens with one attached hydrogen (secondary N) is 2. The van der Waals surface area contributed by atoms with E-state index < -0.39 is 0 Å². The van der Waals surface area contributed by atoms with Gasteiger partial charge in [-0.05, 0) is 61.7 Å². The molecule has 2 aromatic rings. The Bertz CT molecular complexity index is 1050. The van der Waals surface area contributed by atoms with Crippen LogP contribution in [0.2, 0.25) is 0 Å². The highest BCUT2D eigenvalue weighted by Gasteiger charge is 2.24. The summed E-state index contributed by atoms with van der Waals surface area (Å²) < 4.78 is 0. The molecule has 1 aliphatic rings. The zero-order valence-electron chi connectivity index (χ0n) is 18.2. The number of nitrogens with zero attached hydrogens (tertiary/aromatic N) is 2. The van der Waals surface area contributed by atoms with E-state index in [-0.39, 0.29) is 17.5 Å². The molecule has 0 spiro atoms. The monoisotopic (exact) mass is 431 g/mol. The molecule has 0 bridgehead atoms. The number of carbonyl (C=O) groups is 1. The SMILES string of the molecule is C/C(=N\N=C(N)N)c1ccc(NC(=O)Nc2ccc(C#CC3(N)CCCCC3)cc2)cc1. The third-order valence-electron chi connectivity index (χ3n) is 5.22. The van der Waals surface area contributed by atoms with Gasteiger partial charge >= 0.3 is 6.03 Å². The van der Waals surface area contributed by atoms with Crippen LogP contribution in [0.5, 0.6) is 0 Å². The maximum atomic E-state index is 12.3. The van der Waals surface area contributed by atoms with Crippen molar-refractivity contribution in [1.82, 2.24) is 0 Å². The number of hydrogen-bond donors (Lipinski definition) is 5. The van der Waals surface area contributed by atoms with Crippen molar-refractivity contribution in [2.24, 2.45) is 27.4 Å². The Morgan fingerprint density at radius 1 is 0.906 bits per heavy atom. The number of amides is 2. The number of benzene rings is 2. The highest BCUT2D eigenvalue weighted by atomic mass is 16.2. The van der Waals surface area contributed by atoms with E-state index in [0.717, 1.165) is 36.8 Å². The lowest BCUT2D eigenvalue weighted by molar-refractivity contribution is 0.262. The Kier molecular flexibility index (Phi) is 7.47. The maximum Gasteiger partial charge on any atom is 0.323 e. The highest BCUT2D eigenvalue weighted by molar-refractivity contribution is 6.01. The molecule has 1 fully saturated rings. The van der Waals surface area contributed by atoms with E-state index in [0.29, 0.717) is 17.1 Å². The minimum absolute atomic E-state index is 0.105. The van der Waals surface area contributed by atoms with E-state index in [1.54, 1.807) is 19.1 Å². The molecular formula is C24H29N7O. The van der Waals surface area contributed by atoms with E-state index in [9.17, 15) is 4.79 Å². The summed E-state index contributed by atoms with van der Waals surface area (Å²) in [6, 6.07) is 14.2. The predicted molar refractivity (Wildman–Crippen MR) is 130 cm³/mol. The number of hydrogen-bond acceptors (Lipinski definition) is 4. The van der Waals surface area contributed by atoms with Gasteiger partial charge in [-0.2, -0.15) is 5.10 Å². The van der Waals surface area contributed by atoms with Gasteiger partial charge in [0.25, 0.3) is 0 Å². The predicted octanol–water partition coefficient (Wildman–Crippen LogP) is 3.34. The number of nitrogens with two attached hydrogens (primary N) is 3. The van der Waals surface area contributed by atoms with Gasteiger partial charge in [0.1, 0.15) is 0 Å². The Hall–Kier alpha value is -3.83. The number of guanidine groups is 1. The van der Waals surface area contributed by atoms with E-state index >= 15 is 0 Å². The minimum Gasteiger partial charge on any atom is -0.369 e. The molecule has 8 nitrogen and oxygen atoms in total. The molecule has 2 aromatic carbocycles. The smallest absolute Gasteiger partial charge is 0.323 e. The van der Waals surface area contributed by atoms with Crippen molar-refractivity contribution in [2.75, 3.05) is 10.6 Å². The van der Waals surface area contributed by atoms with Crippen LogP contribution in [0, 0.1) is 11.8 Å². The van der Waals surface area contributed by atoms with Crippen molar-refractivity contribution in [1.29, 1.82) is 0 Å². The molecule has 0 unspecified atom stereocenters. The van der Waals surface area contributed by atoms with Gasteiger partial charge in [0.15, 0.2) is 0 Å². The van der Waals surface area contributed by atoms with Crippen LogP contribution in [-0.4, -0.2) is 23.2 Å². The fourth-order valence-corrected chi connectivity index (χ4v) is 3.42. The average molecular weight is 432 g/mol. The minimum atomic E-state index is -0.375. The maximum absolute atomic E-state index is 12.3. The molecule has 1 aliphatic carbocycles. The molecule has 0 aliphatic heterocycles. The summed E-state index contributed by atoms with van der Waals surface area (Å²) in [5.41, 5.74) is 20.2. The van der Waals surface area contributed by atoms with Gasteiger partial charge in [0, 0.05) is 16.9 Å². The second-order valence-corrected chi connectivity index (χ2v) is 7.91. The highest BCUT2D eigenvalue weighted by Crippen LogP contribution is 2.25. The summed E-state index contributed by atoms with van der Waals surface area (Å²) in [5.74, 6) is 6.30. The molecule has 8 N–H and O–H groups in total. The molecular weight excluding hydrogens is 402 g/mol. The lowest BCUT2D eigenvalue weighted by Gasteiger charge is -2.27. The van der Waals surface area contributed by atoms with Crippen LogP contribution in [0.3, 0.4) is 0 Å². The van der Waals surface area contributed by atoms with Gasteiger partial charge in [0.2, 0.25) is 5.96 Å². The first kappa shape index (κ1) is 22.8. The fraction of sp³-hybridized carbons (Fsp3) is 0.292. The molecule has 3 rings (SSSR count). The fourth-order valence-electron chi connectivity index (χ4n) is 3.42. The van der Waals surface area contributed by atoms with Crippen LogP contribution in [0.15, 0.2) is 58.7 Å². The number of urea groups is 1. The number of carbonyl (C=O) groups excluding carboxylic acids is 1. The van der Waals surface area contributed by atoms with Crippen LogP contribution in [-0.2, 0) is 0 Å². The first-order chi connectivity index (χ1) is 15.3. The Morgan fingerprint density at radius 3 is 2.03 bits per heavy atom. The van der Waals surface area contributed by atoms with Crippen LogP contribution in [0.25, 0.3) is 0 Å². The summed E-state index contributed by atoms with van der Waals surface area (Å²) in [6.07, 6.45) is 5.40. The van der Waals surface area contributed by atoms with Crippen molar-refractivity contribution in [2.45, 2.75) is 44.6 Å². The molecule has 1 saturated carbocycles. The molecule has 0 heterocycles. The normalized spacial score (nSPS) is 15.1. The third kappa shape index (κ3) is 6.86. The summed E-state index contributed by atoms with van der Waals surface area (Å²) in [6.45, 7) is 1.79. The zero-order valence-corrected chi connectivity index (χ0v) is 18.2. The summed E-state index contributed by atoms with van der Waals surface area (Å²) in [7, 11) is 0. The van der Waals surface area contributed by atoms with Gasteiger partial charge < -0.3 is 27.8 Å². The molecule has 0 radical (unpaired) electrons. The van der Waals surface area contributed by atoms with E-state index in [4.69, 9.17) is 17.2 Å². The van der Waals surface area contributed by atoms with Crippen molar-refractivity contribution in [3.63, 3.8) is 0 Å². The zero-order chi connectivity index (χ0) is 23.0. The van der Waals surface area contributed by atoms with Gasteiger partial charge in [0.05, 0.1) is 11.3 Å². The second-order valence-electron chi connectivity index (χ2n) is 7.91. The molecule has 8 heteroatoms. The van der Waals surface area contributed by atoms with Crippen molar-refractivity contribution in [3.8, 4) is 11.8 Å². The van der Waals surface area contributed by atoms with Crippen molar-refractivity contribution < 1.29 is 4.79 Å². The molecule has 0 saturated heterocycles. The van der Waals surface area contributed by atoms with Crippen molar-refractivity contribution >= 4 is 29.1 Å². The third-order valence-corrected chi connectivity index (χ3v) is 5.22. The van der Waals surface area contributed by atoms with E-state index in [2.05, 4.69) is 32.7 Å². The van der Waals surface area contributed by atoms with E-state index in [1.165, 1.54) is 6.42 Å². The van der Waals surface area contributed by atoms with Gasteiger partial charge in [-0.25, -0.2) is 4.79 Å². The Balaban J connectivity index is 1.55. The quantitative estimate of drug-likeness (QED) is 0.219. The second kappa shape index (κ2) is 10.5. The topological polar surface area (TPSA) is 144 Å². The van der Waals surface area contributed by atoms with Gasteiger partial charge in [-0.3, -0.25) is 0 Å². The number of anilines is 2. The molecule has 32 heavy (non-hydrogen) atoms. The first-order valence-electron chi connectivity index (χ1n) is 10.6. The van der Waals surface area contributed by atoms with Gasteiger partial charge in [-0.1, -0.05) is 43.2 Å². The van der Waals surface area contributed by atoms with Crippen LogP contribution in [0.1, 0.15) is 50.2 Å². The number of rotatable bonds is 4. The Labute approximate surface area is 188 Å². The molecule has 0 atom stereocenters.